The van der Waals surface area contributed by atoms with Crippen LogP contribution < -0.4 is 0 Å². The Bertz CT molecular complexity index is 535. The summed E-state index contributed by atoms with van der Waals surface area (Å²) in [6.07, 6.45) is 0. The number of benzene rings is 2. The minimum Gasteiger partial charge on any atom is -0.117 e. The smallest absolute Gasteiger partial charge is 0.0830 e. The van der Waals surface area contributed by atoms with Gasteiger partial charge < -0.3 is 0 Å². The molecule has 2 aromatic carbocycles. The summed E-state index contributed by atoms with van der Waals surface area (Å²) < 4.78 is 0. The van der Waals surface area contributed by atoms with Crippen molar-refractivity contribution in [2.45, 2.75) is 11.4 Å². The lowest BCUT2D eigenvalue weighted by atomic mass is 9.99. The van der Waals surface area contributed by atoms with Gasteiger partial charge in [-0.1, -0.05) is 65.8 Å². The van der Waals surface area contributed by atoms with E-state index in [1.807, 2.05) is 60.7 Å². The van der Waals surface area contributed by atoms with Gasteiger partial charge in [0.25, 0.3) is 0 Å². The fourth-order valence-electron chi connectivity index (χ4n) is 1.82. The van der Waals surface area contributed by atoms with E-state index in [4.69, 9.17) is 17.1 Å². The van der Waals surface area contributed by atoms with Crippen molar-refractivity contribution >= 4 is 11.6 Å². The Morgan fingerprint density at radius 1 is 0.889 bits per heavy atom. The molecule has 0 aliphatic carbocycles. The van der Waals surface area contributed by atoms with E-state index >= 15 is 0 Å². The minimum absolute atomic E-state index is 0.371. The van der Waals surface area contributed by atoms with Crippen LogP contribution in [0.25, 0.3) is 10.4 Å². The van der Waals surface area contributed by atoms with Crippen LogP contribution in [-0.2, 0) is 0 Å². The monoisotopic (exact) mass is 257 g/mol. The van der Waals surface area contributed by atoms with E-state index in [0.717, 1.165) is 11.1 Å². The van der Waals surface area contributed by atoms with Crippen molar-refractivity contribution in [3.05, 3.63) is 82.2 Å². The summed E-state index contributed by atoms with van der Waals surface area (Å²) >= 11 is 6.42. The molecular formula is C14H12ClN3. The maximum atomic E-state index is 8.69. The van der Waals surface area contributed by atoms with Crippen LogP contribution >= 0.6 is 11.6 Å². The first-order chi connectivity index (χ1) is 8.83. The normalized spacial score (nSPS) is 13.4. The second-order valence-corrected chi connectivity index (χ2v) is 4.34. The zero-order valence-corrected chi connectivity index (χ0v) is 10.4. The fraction of sp³-hybridized carbons (Fsp3) is 0.143. The molecule has 2 atom stereocenters. The highest BCUT2D eigenvalue weighted by Gasteiger charge is 2.21. The van der Waals surface area contributed by atoms with E-state index in [0.29, 0.717) is 0 Å². The Morgan fingerprint density at radius 2 is 1.39 bits per heavy atom. The van der Waals surface area contributed by atoms with Gasteiger partial charge in [-0.05, 0) is 16.7 Å². The lowest BCUT2D eigenvalue weighted by Crippen LogP contribution is -2.03. The standard InChI is InChI=1S/C14H12ClN3/c15-13(11-7-3-1-4-8-11)14(17-18-16)12-9-5-2-6-10-12/h1-10,13-14H/t13-,14+/m0/s1. The van der Waals surface area contributed by atoms with E-state index in [1.54, 1.807) is 0 Å². The van der Waals surface area contributed by atoms with Gasteiger partial charge in [0.15, 0.2) is 0 Å². The van der Waals surface area contributed by atoms with Crippen molar-refractivity contribution < 1.29 is 0 Å². The molecule has 0 saturated heterocycles. The summed E-state index contributed by atoms with van der Waals surface area (Å²) in [7, 11) is 0. The maximum Gasteiger partial charge on any atom is 0.0830 e. The molecule has 0 radical (unpaired) electrons. The Hall–Kier alpha value is -1.96. The fourth-order valence-corrected chi connectivity index (χ4v) is 2.16. The topological polar surface area (TPSA) is 48.8 Å². The van der Waals surface area contributed by atoms with Crippen LogP contribution in [0, 0.1) is 0 Å². The van der Waals surface area contributed by atoms with Crippen LogP contribution in [0.4, 0.5) is 0 Å². The number of hydrogen-bond donors (Lipinski definition) is 0. The van der Waals surface area contributed by atoms with Crippen LogP contribution in [0.5, 0.6) is 0 Å². The van der Waals surface area contributed by atoms with Gasteiger partial charge in [-0.3, -0.25) is 0 Å². The number of nitrogens with zero attached hydrogens (tertiary/aromatic N) is 3. The highest BCUT2D eigenvalue weighted by molar-refractivity contribution is 6.21. The summed E-state index contributed by atoms with van der Waals surface area (Å²) in [4.78, 5) is 2.90. The lowest BCUT2D eigenvalue weighted by Gasteiger charge is -2.18. The molecule has 2 rings (SSSR count). The Morgan fingerprint density at radius 3 is 1.89 bits per heavy atom. The van der Waals surface area contributed by atoms with Crippen molar-refractivity contribution in [2.24, 2.45) is 5.11 Å². The van der Waals surface area contributed by atoms with E-state index in [9.17, 15) is 0 Å². The number of halogens is 1. The third-order valence-electron chi connectivity index (χ3n) is 2.71. The molecule has 0 heterocycles. The van der Waals surface area contributed by atoms with Crippen LogP contribution in [0.3, 0.4) is 0 Å². The Kier molecular flexibility index (Phi) is 4.24. The third-order valence-corrected chi connectivity index (χ3v) is 3.20. The van der Waals surface area contributed by atoms with Crippen molar-refractivity contribution in [1.82, 2.24) is 0 Å². The summed E-state index contributed by atoms with van der Waals surface area (Å²) in [5.74, 6) is 0. The lowest BCUT2D eigenvalue weighted by molar-refractivity contribution is 0.691. The predicted octanol–water partition coefficient (Wildman–Crippen LogP) is 5.02. The Labute approximate surface area is 111 Å². The summed E-state index contributed by atoms with van der Waals surface area (Å²) in [5.41, 5.74) is 10.6. The average Bonchev–Trinajstić information content (AvgIpc) is 2.46. The molecule has 90 valence electrons. The van der Waals surface area contributed by atoms with E-state index in [-0.39, 0.29) is 5.38 Å². The Balaban J connectivity index is 2.35. The second kappa shape index (κ2) is 6.10. The SMILES string of the molecule is [N-]=[N+]=N[C@H](c1ccccc1)[C@@H](Cl)c1ccccc1. The molecule has 0 saturated carbocycles. The predicted molar refractivity (Wildman–Crippen MR) is 73.4 cm³/mol. The molecule has 3 nitrogen and oxygen atoms in total. The van der Waals surface area contributed by atoms with Gasteiger partial charge in [-0.25, -0.2) is 0 Å². The molecule has 2 aromatic rings. The maximum absolute atomic E-state index is 8.69. The van der Waals surface area contributed by atoms with Crippen LogP contribution in [0.15, 0.2) is 65.8 Å². The van der Waals surface area contributed by atoms with Crippen LogP contribution in [0.1, 0.15) is 22.5 Å². The highest BCUT2D eigenvalue weighted by Crippen LogP contribution is 2.37. The largest absolute Gasteiger partial charge is 0.117 e. The van der Waals surface area contributed by atoms with Crippen molar-refractivity contribution in [2.75, 3.05) is 0 Å². The molecule has 0 amide bonds. The van der Waals surface area contributed by atoms with E-state index in [1.165, 1.54) is 0 Å². The van der Waals surface area contributed by atoms with Crippen molar-refractivity contribution in [3.8, 4) is 0 Å². The first-order valence-electron chi connectivity index (χ1n) is 5.61. The molecule has 0 bridgehead atoms. The molecule has 0 spiro atoms. The molecule has 0 aliphatic rings. The van der Waals surface area contributed by atoms with Crippen LogP contribution in [-0.4, -0.2) is 0 Å². The molecule has 0 aliphatic heterocycles. The minimum atomic E-state index is -0.403. The first-order valence-corrected chi connectivity index (χ1v) is 6.04. The van der Waals surface area contributed by atoms with Crippen LogP contribution in [0.2, 0.25) is 0 Å². The second-order valence-electron chi connectivity index (χ2n) is 3.87. The average molecular weight is 258 g/mol. The van der Waals surface area contributed by atoms with Gasteiger partial charge in [-0.2, -0.15) is 0 Å². The number of alkyl halides is 1. The number of rotatable bonds is 4. The summed E-state index contributed by atoms with van der Waals surface area (Å²) in [6, 6.07) is 18.8. The van der Waals surface area contributed by atoms with E-state index in [2.05, 4.69) is 10.0 Å². The third kappa shape index (κ3) is 2.83. The molecular weight excluding hydrogens is 246 g/mol. The van der Waals surface area contributed by atoms with Gasteiger partial charge in [0.1, 0.15) is 0 Å². The zero-order valence-electron chi connectivity index (χ0n) is 9.65. The quantitative estimate of drug-likeness (QED) is 0.320. The van der Waals surface area contributed by atoms with Gasteiger partial charge in [0.2, 0.25) is 0 Å². The number of hydrogen-bond acceptors (Lipinski definition) is 1. The van der Waals surface area contributed by atoms with Crippen molar-refractivity contribution in [1.29, 1.82) is 0 Å². The van der Waals surface area contributed by atoms with E-state index < -0.39 is 6.04 Å². The number of azide groups is 1. The highest BCUT2D eigenvalue weighted by atomic mass is 35.5. The van der Waals surface area contributed by atoms with Gasteiger partial charge >= 0.3 is 0 Å². The molecule has 0 N–H and O–H groups in total. The van der Waals surface area contributed by atoms with Gasteiger partial charge in [-0.15, -0.1) is 11.6 Å². The summed E-state index contributed by atoms with van der Waals surface area (Å²) in [5, 5.41) is 3.45. The molecule has 0 fully saturated rings. The van der Waals surface area contributed by atoms with Gasteiger partial charge in [0, 0.05) is 4.91 Å². The molecule has 18 heavy (non-hydrogen) atoms. The molecule has 0 aromatic heterocycles. The zero-order chi connectivity index (χ0) is 12.8. The molecule has 4 heteroatoms. The summed E-state index contributed by atoms with van der Waals surface area (Å²) in [6.45, 7) is 0. The van der Waals surface area contributed by atoms with Crippen molar-refractivity contribution in [3.63, 3.8) is 0 Å². The van der Waals surface area contributed by atoms with Gasteiger partial charge in [0.05, 0.1) is 11.4 Å². The first kappa shape index (κ1) is 12.5. The molecule has 0 unspecified atom stereocenters.